The second-order valence-corrected chi connectivity index (χ2v) is 14.4. The van der Waals surface area contributed by atoms with E-state index in [4.69, 9.17) is 4.99 Å². The molecule has 0 fully saturated rings. The highest BCUT2D eigenvalue weighted by Gasteiger charge is 2.21. The fraction of sp³-hybridized carbons (Fsp3) is 0.0192. The van der Waals surface area contributed by atoms with E-state index in [2.05, 4.69) is 204 Å². The molecular formula is C52H35N3. The highest BCUT2D eigenvalue weighted by Crippen LogP contribution is 2.39. The first kappa shape index (κ1) is 31.3. The molecule has 3 heteroatoms. The lowest BCUT2D eigenvalue weighted by atomic mass is 9.95. The number of nitrogens with zero attached hydrogens (tertiary/aromatic N) is 2. The van der Waals surface area contributed by atoms with Crippen molar-refractivity contribution in [1.29, 1.82) is 0 Å². The Hall–Kier alpha value is -7.23. The van der Waals surface area contributed by atoms with Crippen molar-refractivity contribution >= 4 is 65.7 Å². The van der Waals surface area contributed by atoms with E-state index < -0.39 is 0 Å². The van der Waals surface area contributed by atoms with Crippen LogP contribution in [-0.4, -0.2) is 10.4 Å². The van der Waals surface area contributed by atoms with E-state index in [0.717, 1.165) is 28.3 Å². The number of fused-ring (bicyclic) bond motifs is 8. The molecule has 3 nitrogen and oxygen atoms in total. The maximum absolute atomic E-state index is 5.14. The van der Waals surface area contributed by atoms with Gasteiger partial charge in [0.2, 0.25) is 0 Å². The van der Waals surface area contributed by atoms with Gasteiger partial charge in [0.15, 0.2) is 0 Å². The molecule has 0 bridgehead atoms. The van der Waals surface area contributed by atoms with Crippen LogP contribution in [0.5, 0.6) is 0 Å². The van der Waals surface area contributed by atoms with Gasteiger partial charge < -0.3 is 9.88 Å². The molecule has 1 aliphatic rings. The van der Waals surface area contributed by atoms with Gasteiger partial charge in [0.25, 0.3) is 0 Å². The maximum atomic E-state index is 5.14. The number of rotatable bonds is 5. The zero-order chi connectivity index (χ0) is 36.3. The molecule has 1 aliphatic heterocycles. The van der Waals surface area contributed by atoms with Gasteiger partial charge in [-0.05, 0) is 109 Å². The predicted molar refractivity (Wildman–Crippen MR) is 232 cm³/mol. The van der Waals surface area contributed by atoms with E-state index >= 15 is 0 Å². The maximum Gasteiger partial charge on any atom is 0.134 e. The number of aliphatic imine (C=N–C) groups is 1. The summed E-state index contributed by atoms with van der Waals surface area (Å²) in [7, 11) is 0. The molecule has 0 saturated carbocycles. The summed E-state index contributed by atoms with van der Waals surface area (Å²) in [5.74, 6) is 0.866. The summed E-state index contributed by atoms with van der Waals surface area (Å²) < 4.78 is 2.40. The van der Waals surface area contributed by atoms with Crippen LogP contribution in [0.2, 0.25) is 0 Å². The fourth-order valence-corrected chi connectivity index (χ4v) is 8.51. The van der Waals surface area contributed by atoms with Crippen LogP contribution in [-0.2, 0) is 0 Å². The van der Waals surface area contributed by atoms with E-state index in [0.29, 0.717) is 0 Å². The monoisotopic (exact) mass is 701 g/mol. The van der Waals surface area contributed by atoms with Crippen molar-refractivity contribution in [1.82, 2.24) is 9.88 Å². The first-order valence-corrected chi connectivity index (χ1v) is 18.9. The molecule has 10 aromatic rings. The quantitative estimate of drug-likeness (QED) is 0.178. The predicted octanol–water partition coefficient (Wildman–Crippen LogP) is 13.0. The van der Waals surface area contributed by atoms with E-state index in [1.807, 2.05) is 6.07 Å². The average molecular weight is 702 g/mol. The van der Waals surface area contributed by atoms with Crippen molar-refractivity contribution in [3.8, 4) is 16.8 Å². The summed E-state index contributed by atoms with van der Waals surface area (Å²) >= 11 is 0. The summed E-state index contributed by atoms with van der Waals surface area (Å²) in [5, 5.41) is 13.9. The SMILES string of the molecule is C1=C(c2ccccc2)N=C(c2ccc(-n3c4ccccc4c4c5ccc(-c6ccc7c(ccc8ccccc87)c6)cc5ccc43)cc2)NC1c1ccccc1. The van der Waals surface area contributed by atoms with Crippen LogP contribution in [0.4, 0.5) is 0 Å². The Morgan fingerprint density at radius 2 is 1.02 bits per heavy atom. The molecule has 0 aliphatic carbocycles. The van der Waals surface area contributed by atoms with Gasteiger partial charge in [-0.3, -0.25) is 0 Å². The fourth-order valence-electron chi connectivity index (χ4n) is 8.51. The Labute approximate surface area is 319 Å². The summed E-state index contributed by atoms with van der Waals surface area (Å²) in [6.45, 7) is 0. The van der Waals surface area contributed by atoms with Gasteiger partial charge in [-0.15, -0.1) is 0 Å². The molecule has 11 rings (SSSR count). The van der Waals surface area contributed by atoms with Gasteiger partial charge >= 0.3 is 0 Å². The molecule has 2 heterocycles. The normalized spacial score (nSPS) is 14.4. The minimum Gasteiger partial charge on any atom is -0.359 e. The first-order chi connectivity index (χ1) is 27.2. The third kappa shape index (κ3) is 5.32. The number of hydrogen-bond donors (Lipinski definition) is 1. The third-order valence-corrected chi connectivity index (χ3v) is 11.2. The van der Waals surface area contributed by atoms with Crippen molar-refractivity contribution in [2.45, 2.75) is 6.04 Å². The summed E-state index contributed by atoms with van der Waals surface area (Å²) in [6, 6.07) is 70.1. The highest BCUT2D eigenvalue weighted by molar-refractivity contribution is 6.21. The number of hydrogen-bond acceptors (Lipinski definition) is 2. The summed E-state index contributed by atoms with van der Waals surface area (Å²) in [4.78, 5) is 5.14. The van der Waals surface area contributed by atoms with Crippen molar-refractivity contribution in [2.75, 3.05) is 0 Å². The van der Waals surface area contributed by atoms with Gasteiger partial charge in [0.05, 0.1) is 22.8 Å². The lowest BCUT2D eigenvalue weighted by Gasteiger charge is -2.24. The number of benzene rings is 9. The van der Waals surface area contributed by atoms with Crippen LogP contribution < -0.4 is 5.32 Å². The van der Waals surface area contributed by atoms with E-state index in [1.165, 1.54) is 70.8 Å². The third-order valence-electron chi connectivity index (χ3n) is 11.2. The number of para-hydroxylation sites is 1. The average Bonchev–Trinajstić information content (AvgIpc) is 3.61. The van der Waals surface area contributed by atoms with Gasteiger partial charge in [0.1, 0.15) is 5.84 Å². The molecule has 0 amide bonds. The number of nitrogens with one attached hydrogen (secondary N) is 1. The Kier molecular flexibility index (Phi) is 7.24. The second kappa shape index (κ2) is 12.7. The van der Waals surface area contributed by atoms with Crippen LogP contribution in [0.15, 0.2) is 205 Å². The first-order valence-electron chi connectivity index (χ1n) is 18.9. The summed E-state index contributed by atoms with van der Waals surface area (Å²) in [6.07, 6.45) is 2.22. The van der Waals surface area contributed by atoms with Crippen molar-refractivity contribution in [2.24, 2.45) is 4.99 Å². The molecule has 1 atom stereocenters. The van der Waals surface area contributed by atoms with Crippen molar-refractivity contribution < 1.29 is 0 Å². The molecule has 1 N–H and O–H groups in total. The van der Waals surface area contributed by atoms with Crippen LogP contribution in [0, 0.1) is 0 Å². The Morgan fingerprint density at radius 3 is 1.82 bits per heavy atom. The lowest BCUT2D eigenvalue weighted by Crippen LogP contribution is -2.31. The molecule has 0 saturated heterocycles. The molecule has 9 aromatic carbocycles. The van der Waals surface area contributed by atoms with Crippen LogP contribution in [0.25, 0.3) is 76.6 Å². The van der Waals surface area contributed by atoms with Gasteiger partial charge in [-0.25, -0.2) is 4.99 Å². The van der Waals surface area contributed by atoms with E-state index in [9.17, 15) is 0 Å². The molecule has 258 valence electrons. The van der Waals surface area contributed by atoms with Gasteiger partial charge in [0, 0.05) is 22.0 Å². The zero-order valence-electron chi connectivity index (χ0n) is 30.0. The Morgan fingerprint density at radius 1 is 0.418 bits per heavy atom. The Bertz CT molecular complexity index is 3150. The van der Waals surface area contributed by atoms with E-state index in [1.54, 1.807) is 0 Å². The summed E-state index contributed by atoms with van der Waals surface area (Å²) in [5.41, 5.74) is 10.3. The highest BCUT2D eigenvalue weighted by atomic mass is 15.0. The lowest BCUT2D eigenvalue weighted by molar-refractivity contribution is 0.781. The smallest absolute Gasteiger partial charge is 0.134 e. The molecule has 0 radical (unpaired) electrons. The molecular weight excluding hydrogens is 667 g/mol. The minimum absolute atomic E-state index is 0.0105. The van der Waals surface area contributed by atoms with Crippen LogP contribution in [0.1, 0.15) is 22.7 Å². The van der Waals surface area contributed by atoms with E-state index in [-0.39, 0.29) is 6.04 Å². The van der Waals surface area contributed by atoms with Crippen LogP contribution in [0.3, 0.4) is 0 Å². The zero-order valence-corrected chi connectivity index (χ0v) is 30.0. The molecule has 0 spiro atoms. The van der Waals surface area contributed by atoms with Crippen molar-refractivity contribution in [3.05, 3.63) is 217 Å². The topological polar surface area (TPSA) is 29.3 Å². The standard InChI is InChI=1S/C52H35N3/c1-3-12-35(13-4-1)47-33-48(36-14-5-2-6-15-36)54-52(53-47)37-21-26-42(27-22-37)55-49-18-10-9-17-46(49)51-45-29-24-39(32-41(45)25-30-50(51)55)38-23-28-44-40(31-38)20-19-34-11-7-8-16-43(34)44/h1-33,47H,(H,53,54). The number of aromatic nitrogens is 1. The molecule has 1 aromatic heterocycles. The molecule has 1 unspecified atom stereocenters. The van der Waals surface area contributed by atoms with Crippen molar-refractivity contribution in [3.63, 3.8) is 0 Å². The second-order valence-electron chi connectivity index (χ2n) is 14.4. The molecule has 55 heavy (non-hydrogen) atoms. The van der Waals surface area contributed by atoms with Gasteiger partial charge in [-0.2, -0.15) is 0 Å². The minimum atomic E-state index is 0.0105. The largest absolute Gasteiger partial charge is 0.359 e. The van der Waals surface area contributed by atoms with Gasteiger partial charge in [-0.1, -0.05) is 146 Å². The number of amidine groups is 1. The van der Waals surface area contributed by atoms with Crippen LogP contribution >= 0.6 is 0 Å². The Balaban J connectivity index is 0.982.